The molecule has 0 spiro atoms. The molecule has 0 bridgehead atoms. The Balaban J connectivity index is 2.24. The zero-order chi connectivity index (χ0) is 12.9. The van der Waals surface area contributed by atoms with E-state index in [9.17, 15) is 4.79 Å². The van der Waals surface area contributed by atoms with E-state index in [1.54, 1.807) is 0 Å². The maximum atomic E-state index is 11.3. The van der Waals surface area contributed by atoms with Gasteiger partial charge in [0.2, 0.25) is 0 Å². The van der Waals surface area contributed by atoms with Crippen molar-refractivity contribution in [3.05, 3.63) is 0 Å². The van der Waals surface area contributed by atoms with Crippen LogP contribution in [-0.4, -0.2) is 37.7 Å². The van der Waals surface area contributed by atoms with Gasteiger partial charge in [0.15, 0.2) is 0 Å². The summed E-state index contributed by atoms with van der Waals surface area (Å²) >= 11 is 1.97. The summed E-state index contributed by atoms with van der Waals surface area (Å²) in [6.07, 6.45) is 2.96. The van der Waals surface area contributed by atoms with E-state index in [0.29, 0.717) is 18.4 Å². The molecule has 0 saturated heterocycles. The van der Waals surface area contributed by atoms with Gasteiger partial charge >= 0.3 is 5.97 Å². The third-order valence-electron chi connectivity index (χ3n) is 3.59. The van der Waals surface area contributed by atoms with Crippen molar-refractivity contribution in [1.29, 1.82) is 0 Å². The van der Waals surface area contributed by atoms with Crippen LogP contribution in [0.25, 0.3) is 0 Å². The van der Waals surface area contributed by atoms with Crippen molar-refractivity contribution in [1.82, 2.24) is 5.32 Å². The Hall–Kier alpha value is -0.220. The van der Waals surface area contributed by atoms with Gasteiger partial charge < -0.3 is 10.1 Å². The average Bonchev–Trinajstić information content (AvgIpc) is 3.04. The van der Waals surface area contributed by atoms with Gasteiger partial charge in [-0.05, 0) is 37.0 Å². The topological polar surface area (TPSA) is 38.3 Å². The van der Waals surface area contributed by atoms with Crippen molar-refractivity contribution >= 4 is 17.7 Å². The van der Waals surface area contributed by atoms with Crippen molar-refractivity contribution < 1.29 is 9.53 Å². The molecule has 1 N–H and O–H groups in total. The van der Waals surface area contributed by atoms with Gasteiger partial charge in [0.05, 0.1) is 13.5 Å². The molecule has 0 aromatic carbocycles. The molecule has 1 atom stereocenters. The molecule has 1 aliphatic carbocycles. The smallest absolute Gasteiger partial charge is 0.306 e. The highest BCUT2D eigenvalue weighted by Gasteiger charge is 2.44. The lowest BCUT2D eigenvalue weighted by Crippen LogP contribution is -2.33. The van der Waals surface area contributed by atoms with Crippen molar-refractivity contribution in [2.24, 2.45) is 11.3 Å². The van der Waals surface area contributed by atoms with Gasteiger partial charge in [0.1, 0.15) is 0 Å². The summed E-state index contributed by atoms with van der Waals surface area (Å²) in [6.45, 7) is 4.48. The summed E-state index contributed by atoms with van der Waals surface area (Å²) in [5, 5.41) is 3.35. The Morgan fingerprint density at radius 2 is 2.12 bits per heavy atom. The molecular formula is C13H25NO2S. The fraction of sp³-hybridized carbons (Fsp3) is 0.923. The first-order valence-electron chi connectivity index (χ1n) is 6.35. The number of hydrogen-bond donors (Lipinski definition) is 1. The number of methoxy groups -OCH3 is 1. The van der Waals surface area contributed by atoms with Crippen LogP contribution >= 0.6 is 11.8 Å². The second-order valence-electron chi connectivity index (χ2n) is 5.41. The van der Waals surface area contributed by atoms with E-state index in [4.69, 9.17) is 4.74 Å². The monoisotopic (exact) mass is 259 g/mol. The Bertz CT molecular complexity index is 252. The molecule has 1 unspecified atom stereocenters. The van der Waals surface area contributed by atoms with Crippen LogP contribution in [-0.2, 0) is 9.53 Å². The van der Waals surface area contributed by atoms with Gasteiger partial charge in [-0.1, -0.05) is 13.8 Å². The molecule has 100 valence electrons. The van der Waals surface area contributed by atoms with Gasteiger partial charge in [0.25, 0.3) is 0 Å². The maximum absolute atomic E-state index is 11.3. The lowest BCUT2D eigenvalue weighted by molar-refractivity contribution is -0.141. The van der Waals surface area contributed by atoms with Crippen molar-refractivity contribution in [3.8, 4) is 0 Å². The molecule has 0 aromatic heterocycles. The predicted octanol–water partition coefficient (Wildman–Crippen LogP) is 2.31. The lowest BCUT2D eigenvalue weighted by Gasteiger charge is -2.21. The van der Waals surface area contributed by atoms with E-state index < -0.39 is 0 Å². The Kier molecular flexibility index (Phi) is 5.80. The first-order valence-corrected chi connectivity index (χ1v) is 7.50. The van der Waals surface area contributed by atoms with Gasteiger partial charge in [-0.25, -0.2) is 0 Å². The molecule has 0 aromatic rings. The summed E-state index contributed by atoms with van der Waals surface area (Å²) in [5.41, 5.74) is 0.257. The molecule has 0 amide bonds. The van der Waals surface area contributed by atoms with E-state index in [0.717, 1.165) is 11.5 Å². The number of esters is 1. The third-order valence-corrected chi connectivity index (χ3v) is 5.00. The number of carbonyl (C=O) groups excluding carboxylic acids is 1. The molecule has 17 heavy (non-hydrogen) atoms. The normalized spacial score (nSPS) is 19.1. The largest absolute Gasteiger partial charge is 0.469 e. The fourth-order valence-electron chi connectivity index (χ4n) is 1.94. The van der Waals surface area contributed by atoms with E-state index >= 15 is 0 Å². The lowest BCUT2D eigenvalue weighted by atomic mass is 10.1. The van der Waals surface area contributed by atoms with Crippen molar-refractivity contribution in [2.45, 2.75) is 39.2 Å². The molecule has 4 heteroatoms. The molecule has 0 heterocycles. The zero-order valence-corrected chi connectivity index (χ0v) is 12.2. The zero-order valence-electron chi connectivity index (χ0n) is 11.4. The third kappa shape index (κ3) is 4.88. The van der Waals surface area contributed by atoms with Crippen LogP contribution in [0.4, 0.5) is 0 Å². The minimum atomic E-state index is -0.0582. The molecule has 0 radical (unpaired) electrons. The summed E-state index contributed by atoms with van der Waals surface area (Å²) < 4.78 is 4.75. The summed E-state index contributed by atoms with van der Waals surface area (Å²) in [7, 11) is 3.49. The molecular weight excluding hydrogens is 234 g/mol. The quantitative estimate of drug-likeness (QED) is 0.679. The van der Waals surface area contributed by atoms with Gasteiger partial charge in [-0.3, -0.25) is 4.79 Å². The van der Waals surface area contributed by atoms with E-state index in [1.807, 2.05) is 18.8 Å². The van der Waals surface area contributed by atoms with Crippen LogP contribution in [0, 0.1) is 11.3 Å². The number of thioether (sulfide) groups is 1. The minimum Gasteiger partial charge on any atom is -0.469 e. The maximum Gasteiger partial charge on any atom is 0.306 e. The Morgan fingerprint density at radius 1 is 1.47 bits per heavy atom. The first-order chi connectivity index (χ1) is 8.03. The molecule has 1 aliphatic rings. The average molecular weight is 259 g/mol. The van der Waals surface area contributed by atoms with E-state index in [2.05, 4.69) is 19.2 Å². The highest BCUT2D eigenvalue weighted by atomic mass is 32.2. The summed E-state index contributed by atoms with van der Waals surface area (Å²) in [4.78, 5) is 11.3. The highest BCUT2D eigenvalue weighted by molar-refractivity contribution is 7.99. The van der Waals surface area contributed by atoms with Gasteiger partial charge in [0, 0.05) is 11.8 Å². The standard InChI is InChI=1S/C13H25NO2S/c1-10(2)11(14-3)8-17-9-13(5-6-13)7-12(15)16-4/h10-11,14H,5-9H2,1-4H3. The summed E-state index contributed by atoms with van der Waals surface area (Å²) in [6, 6.07) is 0.564. The molecule has 0 aliphatic heterocycles. The van der Waals surface area contributed by atoms with E-state index in [-0.39, 0.29) is 11.4 Å². The van der Waals surface area contributed by atoms with Crippen LogP contribution in [0.15, 0.2) is 0 Å². The first kappa shape index (κ1) is 14.8. The minimum absolute atomic E-state index is 0.0582. The van der Waals surface area contributed by atoms with Crippen LogP contribution in [0.2, 0.25) is 0 Å². The highest BCUT2D eigenvalue weighted by Crippen LogP contribution is 2.51. The van der Waals surface area contributed by atoms with E-state index in [1.165, 1.54) is 20.0 Å². The van der Waals surface area contributed by atoms with Crippen LogP contribution in [0.1, 0.15) is 33.1 Å². The molecule has 1 saturated carbocycles. The number of nitrogens with one attached hydrogen (secondary N) is 1. The van der Waals surface area contributed by atoms with Crippen LogP contribution < -0.4 is 5.32 Å². The molecule has 3 nitrogen and oxygen atoms in total. The molecule has 1 fully saturated rings. The summed E-state index contributed by atoms with van der Waals surface area (Å²) in [5.74, 6) is 2.81. The molecule has 1 rings (SSSR count). The SMILES string of the molecule is CNC(CSCC1(CC(=O)OC)CC1)C(C)C. The number of rotatable bonds is 8. The van der Waals surface area contributed by atoms with Crippen molar-refractivity contribution in [3.63, 3.8) is 0 Å². The second kappa shape index (κ2) is 6.64. The second-order valence-corrected chi connectivity index (χ2v) is 6.44. The van der Waals surface area contributed by atoms with Gasteiger partial charge in [-0.15, -0.1) is 0 Å². The number of hydrogen-bond acceptors (Lipinski definition) is 4. The predicted molar refractivity (Wildman–Crippen MR) is 73.3 cm³/mol. The van der Waals surface area contributed by atoms with Gasteiger partial charge in [-0.2, -0.15) is 11.8 Å². The Morgan fingerprint density at radius 3 is 2.53 bits per heavy atom. The van der Waals surface area contributed by atoms with Crippen LogP contribution in [0.3, 0.4) is 0 Å². The fourth-order valence-corrected chi connectivity index (χ4v) is 3.69. The number of carbonyl (C=O) groups is 1. The number of ether oxygens (including phenoxy) is 1. The van der Waals surface area contributed by atoms with Crippen LogP contribution in [0.5, 0.6) is 0 Å². The van der Waals surface area contributed by atoms with Crippen molar-refractivity contribution in [2.75, 3.05) is 25.7 Å². The Labute approximate surface area is 109 Å².